The molecule has 1 aromatic carbocycles. The van der Waals surface area contributed by atoms with Crippen LogP contribution >= 0.6 is 11.6 Å². The molecule has 2 N–H and O–H groups in total. The number of furan rings is 1. The van der Waals surface area contributed by atoms with E-state index in [1.165, 1.54) is 30.5 Å². The van der Waals surface area contributed by atoms with E-state index in [0.29, 0.717) is 17.2 Å². The van der Waals surface area contributed by atoms with E-state index in [1.807, 2.05) is 6.92 Å². The molecule has 1 unspecified atom stereocenters. The SMILES string of the molecule is CCC(C)C(=O)NNC(=O)CCN(Cc1ccco1)S(=O)(=O)c1ccc(Cl)cc1. The maximum Gasteiger partial charge on any atom is 0.243 e. The fourth-order valence-corrected chi connectivity index (χ4v) is 3.88. The van der Waals surface area contributed by atoms with Gasteiger partial charge in [0.05, 0.1) is 17.7 Å². The third-order valence-corrected chi connectivity index (χ3v) is 6.45. The lowest BCUT2D eigenvalue weighted by Gasteiger charge is -2.21. The number of carbonyl (C=O) groups is 2. The Kier molecular flexibility index (Phi) is 8.24. The molecule has 0 saturated carbocycles. The third-order valence-electron chi connectivity index (χ3n) is 4.34. The van der Waals surface area contributed by atoms with Gasteiger partial charge in [0.2, 0.25) is 21.8 Å². The molecule has 0 saturated heterocycles. The normalized spacial score (nSPS) is 12.6. The molecule has 2 aromatic rings. The van der Waals surface area contributed by atoms with Gasteiger partial charge < -0.3 is 4.42 Å². The van der Waals surface area contributed by atoms with Crippen LogP contribution in [0.4, 0.5) is 0 Å². The predicted octanol–water partition coefficient (Wildman–Crippen LogP) is 2.71. The number of hydrogen-bond acceptors (Lipinski definition) is 5. The van der Waals surface area contributed by atoms with Gasteiger partial charge in [-0.3, -0.25) is 20.4 Å². The molecule has 2 amide bonds. The maximum absolute atomic E-state index is 13.0. The van der Waals surface area contributed by atoms with Crippen LogP contribution in [-0.4, -0.2) is 31.1 Å². The van der Waals surface area contributed by atoms with E-state index in [9.17, 15) is 18.0 Å². The summed E-state index contributed by atoms with van der Waals surface area (Å²) in [6.07, 6.45) is 1.94. The molecule has 0 fully saturated rings. The maximum atomic E-state index is 13.0. The lowest BCUT2D eigenvalue weighted by Crippen LogP contribution is -2.45. The van der Waals surface area contributed by atoms with Gasteiger partial charge in [-0.25, -0.2) is 8.42 Å². The van der Waals surface area contributed by atoms with Crippen molar-refractivity contribution in [3.05, 3.63) is 53.4 Å². The summed E-state index contributed by atoms with van der Waals surface area (Å²) in [5.41, 5.74) is 4.65. The average Bonchev–Trinajstić information content (AvgIpc) is 3.22. The number of hydrazine groups is 1. The number of rotatable bonds is 9. The molecular weight excluding hydrogens is 418 g/mol. The van der Waals surface area contributed by atoms with E-state index in [2.05, 4.69) is 10.9 Å². The van der Waals surface area contributed by atoms with Gasteiger partial charge in [0.15, 0.2) is 0 Å². The van der Waals surface area contributed by atoms with E-state index >= 15 is 0 Å². The van der Waals surface area contributed by atoms with Crippen LogP contribution in [-0.2, 0) is 26.2 Å². The Labute approximate surface area is 175 Å². The number of nitrogens with one attached hydrogen (secondary N) is 2. The average molecular weight is 442 g/mol. The van der Waals surface area contributed by atoms with E-state index in [1.54, 1.807) is 19.1 Å². The number of nitrogens with zero attached hydrogens (tertiary/aromatic N) is 1. The Morgan fingerprint density at radius 1 is 1.17 bits per heavy atom. The second-order valence-corrected chi connectivity index (χ2v) is 8.84. The first-order valence-electron chi connectivity index (χ1n) is 9.10. The standard InChI is InChI=1S/C19H24ClN3O5S/c1-3-14(2)19(25)22-21-18(24)10-11-23(13-16-5-4-12-28-16)29(26,27)17-8-6-15(20)7-9-17/h4-9,12,14H,3,10-11,13H2,1-2H3,(H,21,24)(H,22,25). The van der Waals surface area contributed by atoms with Gasteiger partial charge in [-0.1, -0.05) is 25.4 Å². The molecule has 1 atom stereocenters. The molecule has 10 heteroatoms. The lowest BCUT2D eigenvalue weighted by atomic mass is 10.1. The Hall–Kier alpha value is -2.36. The van der Waals surface area contributed by atoms with Crippen molar-refractivity contribution in [2.75, 3.05) is 6.54 Å². The highest BCUT2D eigenvalue weighted by Crippen LogP contribution is 2.21. The Bertz CT molecular complexity index is 914. The van der Waals surface area contributed by atoms with Crippen LogP contribution in [0.1, 0.15) is 32.4 Å². The molecule has 0 aliphatic heterocycles. The van der Waals surface area contributed by atoms with Crippen LogP contribution < -0.4 is 10.9 Å². The quantitative estimate of drug-likeness (QED) is 0.581. The van der Waals surface area contributed by atoms with E-state index < -0.39 is 15.9 Å². The van der Waals surface area contributed by atoms with Crippen molar-refractivity contribution >= 4 is 33.4 Å². The van der Waals surface area contributed by atoms with Crippen molar-refractivity contribution in [1.82, 2.24) is 15.2 Å². The summed E-state index contributed by atoms with van der Waals surface area (Å²) in [4.78, 5) is 23.9. The minimum absolute atomic E-state index is 0.0372. The topological polar surface area (TPSA) is 109 Å². The van der Waals surface area contributed by atoms with Crippen LogP contribution in [0, 0.1) is 5.92 Å². The highest BCUT2D eigenvalue weighted by Gasteiger charge is 2.26. The summed E-state index contributed by atoms with van der Waals surface area (Å²) in [5.74, 6) is -0.608. The highest BCUT2D eigenvalue weighted by molar-refractivity contribution is 7.89. The summed E-state index contributed by atoms with van der Waals surface area (Å²) < 4.78 is 32.4. The molecule has 8 nitrogen and oxygen atoms in total. The molecule has 0 aliphatic carbocycles. The lowest BCUT2D eigenvalue weighted by molar-refractivity contribution is -0.131. The first-order valence-corrected chi connectivity index (χ1v) is 10.9. The number of benzene rings is 1. The zero-order chi connectivity index (χ0) is 21.4. The third kappa shape index (κ3) is 6.59. The molecule has 1 heterocycles. The second-order valence-electron chi connectivity index (χ2n) is 6.47. The summed E-state index contributed by atoms with van der Waals surface area (Å²) in [6.45, 7) is 3.46. The van der Waals surface area contributed by atoms with Crippen molar-refractivity contribution in [3.8, 4) is 0 Å². The number of halogens is 1. The second kappa shape index (κ2) is 10.4. The molecule has 29 heavy (non-hydrogen) atoms. The molecule has 2 rings (SSSR count). The van der Waals surface area contributed by atoms with Crippen LogP contribution in [0.2, 0.25) is 5.02 Å². The van der Waals surface area contributed by atoms with Crippen molar-refractivity contribution in [1.29, 1.82) is 0 Å². The van der Waals surface area contributed by atoms with Crippen LogP contribution in [0.5, 0.6) is 0 Å². The first-order chi connectivity index (χ1) is 13.7. The summed E-state index contributed by atoms with van der Waals surface area (Å²) in [5, 5.41) is 0.415. The highest BCUT2D eigenvalue weighted by atomic mass is 35.5. The van der Waals surface area contributed by atoms with Gasteiger partial charge in [0.1, 0.15) is 5.76 Å². The van der Waals surface area contributed by atoms with Gasteiger partial charge in [-0.2, -0.15) is 4.31 Å². The first kappa shape index (κ1) is 22.9. The number of hydrogen-bond donors (Lipinski definition) is 2. The summed E-state index contributed by atoms with van der Waals surface area (Å²) >= 11 is 5.84. The van der Waals surface area contributed by atoms with Gasteiger partial charge >= 0.3 is 0 Å². The zero-order valence-corrected chi connectivity index (χ0v) is 17.8. The molecule has 1 aromatic heterocycles. The molecular formula is C19H24ClN3O5S. The molecule has 158 valence electrons. The molecule has 0 aliphatic rings. The van der Waals surface area contributed by atoms with E-state index in [-0.39, 0.29) is 36.2 Å². The van der Waals surface area contributed by atoms with Crippen LogP contribution in [0.15, 0.2) is 52.0 Å². The molecule has 0 spiro atoms. The number of amides is 2. The Morgan fingerprint density at radius 3 is 2.45 bits per heavy atom. The monoisotopic (exact) mass is 441 g/mol. The van der Waals surface area contributed by atoms with Crippen molar-refractivity contribution in [2.24, 2.45) is 5.92 Å². The fraction of sp³-hybridized carbons (Fsp3) is 0.368. The smallest absolute Gasteiger partial charge is 0.243 e. The van der Waals surface area contributed by atoms with Gasteiger partial charge in [0.25, 0.3) is 0 Å². The number of sulfonamides is 1. The van der Waals surface area contributed by atoms with E-state index in [0.717, 1.165) is 4.31 Å². The van der Waals surface area contributed by atoms with Crippen LogP contribution in [0.3, 0.4) is 0 Å². The van der Waals surface area contributed by atoms with Crippen molar-refractivity contribution in [2.45, 2.75) is 38.1 Å². The van der Waals surface area contributed by atoms with Gasteiger partial charge in [-0.15, -0.1) is 0 Å². The minimum atomic E-state index is -3.89. The zero-order valence-electron chi connectivity index (χ0n) is 16.2. The predicted molar refractivity (Wildman–Crippen MR) is 108 cm³/mol. The van der Waals surface area contributed by atoms with Gasteiger partial charge in [0, 0.05) is 23.9 Å². The van der Waals surface area contributed by atoms with Crippen molar-refractivity contribution < 1.29 is 22.4 Å². The minimum Gasteiger partial charge on any atom is -0.468 e. The Balaban J connectivity index is 2.07. The number of carbonyl (C=O) groups excluding carboxylic acids is 2. The van der Waals surface area contributed by atoms with Crippen LogP contribution in [0.25, 0.3) is 0 Å². The van der Waals surface area contributed by atoms with Gasteiger partial charge in [-0.05, 0) is 42.8 Å². The summed E-state index contributed by atoms with van der Waals surface area (Å²) in [6, 6.07) is 9.07. The Morgan fingerprint density at radius 2 is 1.86 bits per heavy atom. The largest absolute Gasteiger partial charge is 0.468 e. The fourth-order valence-electron chi connectivity index (χ4n) is 2.34. The summed E-state index contributed by atoms with van der Waals surface area (Å²) in [7, 11) is -3.89. The van der Waals surface area contributed by atoms with E-state index in [4.69, 9.17) is 16.0 Å². The van der Waals surface area contributed by atoms with Crippen molar-refractivity contribution in [3.63, 3.8) is 0 Å². The molecule has 0 radical (unpaired) electrons. The molecule has 0 bridgehead atoms.